The van der Waals surface area contributed by atoms with Crippen LogP contribution in [0, 0.1) is 41.5 Å². The first-order valence-corrected chi connectivity index (χ1v) is 28.4. The van der Waals surface area contributed by atoms with Crippen LogP contribution in [-0.4, -0.2) is 5.43 Å². The topological polar surface area (TPSA) is 0 Å². The summed E-state index contributed by atoms with van der Waals surface area (Å²) in [4.78, 5) is 5.74. The smallest absolute Gasteiger partial charge is 0.147 e. The van der Waals surface area contributed by atoms with Gasteiger partial charge in [-0.3, -0.25) is 0 Å². The monoisotopic (exact) mass is 850 g/mol. The second-order valence-electron chi connectivity index (χ2n) is 14.5. The first-order chi connectivity index (χ1) is 24.1. The third-order valence-corrected chi connectivity index (χ3v) is 32.4. The van der Waals surface area contributed by atoms with Crippen molar-refractivity contribution >= 4 is 76.2 Å². The van der Waals surface area contributed by atoms with Gasteiger partial charge < -0.3 is 0 Å². The third kappa shape index (κ3) is 6.71. The molecule has 0 aliphatic heterocycles. The Balaban J connectivity index is 0.00000232. The van der Waals surface area contributed by atoms with E-state index < -0.39 is 25.8 Å². The summed E-state index contributed by atoms with van der Waals surface area (Å²) in [6, 6.07) is 37.1. The van der Waals surface area contributed by atoms with Crippen LogP contribution in [0.1, 0.15) is 71.3 Å². The third-order valence-electron chi connectivity index (χ3n) is 11.1. The van der Waals surface area contributed by atoms with Gasteiger partial charge in [0, 0.05) is 0 Å². The molecule has 8 rings (SSSR count). The number of halogens is 2. The van der Waals surface area contributed by atoms with Crippen molar-refractivity contribution in [2.45, 2.75) is 61.9 Å². The van der Waals surface area contributed by atoms with Crippen molar-refractivity contribution in [3.05, 3.63) is 161 Å². The van der Waals surface area contributed by atoms with Crippen LogP contribution in [0.2, 0.25) is 13.1 Å². The van der Waals surface area contributed by atoms with Crippen molar-refractivity contribution in [3.8, 4) is 22.3 Å². The van der Waals surface area contributed by atoms with E-state index in [-0.39, 0.29) is 24.8 Å². The predicted molar refractivity (Wildman–Crippen MR) is 234 cm³/mol. The summed E-state index contributed by atoms with van der Waals surface area (Å²) in [6.45, 7) is 19.3. The zero-order chi connectivity index (χ0) is 34.8. The minimum atomic E-state index is -2.52. The van der Waals surface area contributed by atoms with Crippen molar-refractivity contribution in [2.24, 2.45) is 0 Å². The predicted octanol–water partition coefficient (Wildman–Crippen LogP) is 14.6. The molecule has 52 heavy (non-hydrogen) atoms. The van der Waals surface area contributed by atoms with Gasteiger partial charge in [-0.2, -0.15) is 0 Å². The Morgan fingerprint density at radius 2 is 0.904 bits per heavy atom. The van der Waals surface area contributed by atoms with E-state index in [9.17, 15) is 0 Å². The number of rotatable bonds is 6. The van der Waals surface area contributed by atoms with E-state index in [1.165, 1.54) is 75.1 Å². The second kappa shape index (κ2) is 15.7. The number of fused-ring (bicyclic) bond motifs is 2. The fraction of sp³-hybridized carbons (Fsp3) is 0.217. The average molecular weight is 853 g/mol. The molecule has 2 heterocycles. The van der Waals surface area contributed by atoms with Gasteiger partial charge in [0.05, 0.1) is 0 Å². The van der Waals surface area contributed by atoms with Crippen LogP contribution in [0.15, 0.2) is 97.1 Å². The van der Waals surface area contributed by atoms with Gasteiger partial charge in [0.15, 0.2) is 0 Å². The summed E-state index contributed by atoms with van der Waals surface area (Å²) in [5, 5.41) is 0. The maximum absolute atomic E-state index is 2.67. The number of hydrogen-bond acceptors (Lipinski definition) is 2. The van der Waals surface area contributed by atoms with Gasteiger partial charge in [-0.25, -0.2) is 0 Å². The molecule has 2 aliphatic rings. The number of benzene rings is 4. The Labute approximate surface area is 338 Å². The number of allylic oxidation sites excluding steroid dienone is 2. The molecule has 0 nitrogen and oxygen atoms in total. The second-order valence-corrected chi connectivity index (χ2v) is 34.9. The fourth-order valence-corrected chi connectivity index (χ4v) is 30.7. The molecule has 2 atom stereocenters. The minimum absolute atomic E-state index is 0. The first kappa shape index (κ1) is 39.1. The van der Waals surface area contributed by atoms with Gasteiger partial charge in [-0.15, -0.1) is 24.8 Å². The van der Waals surface area contributed by atoms with Crippen molar-refractivity contribution in [3.63, 3.8) is 0 Å². The van der Waals surface area contributed by atoms with Crippen LogP contribution in [0.25, 0.3) is 45.6 Å². The van der Waals surface area contributed by atoms with Crippen LogP contribution < -0.4 is 0 Å². The van der Waals surface area contributed by atoms with E-state index in [0.717, 1.165) is 0 Å². The molecule has 2 aliphatic carbocycles. The molecular weight excluding hydrogens is 807 g/mol. The quantitative estimate of drug-likeness (QED) is 0.146. The Hall–Kier alpha value is -2.56. The molecule has 264 valence electrons. The molecule has 4 aromatic carbocycles. The number of aryl methyl sites for hydroxylation is 4. The molecule has 0 saturated heterocycles. The summed E-state index contributed by atoms with van der Waals surface area (Å²) in [7, 11) is 0. The van der Waals surface area contributed by atoms with Gasteiger partial charge in [0.1, 0.15) is 0 Å². The van der Waals surface area contributed by atoms with Crippen molar-refractivity contribution in [1.29, 1.82) is 0 Å². The molecule has 0 spiro atoms. The zero-order valence-corrected chi connectivity index (χ0v) is 37.9. The van der Waals surface area contributed by atoms with E-state index in [2.05, 4.69) is 164 Å². The molecule has 0 amide bonds. The maximum atomic E-state index is 2.67. The fourth-order valence-electron chi connectivity index (χ4n) is 8.50. The van der Waals surface area contributed by atoms with Gasteiger partial charge >= 0.3 is 317 Å². The largest absolute Gasteiger partial charge is 0.147 e. The Bertz CT molecular complexity index is 2250. The van der Waals surface area contributed by atoms with Crippen LogP contribution in [-0.2, 0) is 20.4 Å². The van der Waals surface area contributed by atoms with Crippen LogP contribution in [0.3, 0.4) is 0 Å². The summed E-state index contributed by atoms with van der Waals surface area (Å²) < 4.78 is 0.997. The van der Waals surface area contributed by atoms with Crippen molar-refractivity contribution in [2.75, 3.05) is 0 Å². The molecule has 2 unspecified atom stereocenters. The molecule has 2 aromatic heterocycles. The Morgan fingerprint density at radius 1 is 0.519 bits per heavy atom. The van der Waals surface area contributed by atoms with Crippen LogP contribution in [0.5, 0.6) is 0 Å². The standard InChI is InChI=1S/2C22H19S.C2H6Si.2ClH.Zr/c2*1-14-11-18-12-19(21-10-9-15(2)23-21)13-20(18)22(16(14)3)17-7-5-4-6-8-17;1-3-2;;;/h2*4-13H,1-3H3;1-2H3;2*1H;. The van der Waals surface area contributed by atoms with E-state index in [0.29, 0.717) is 7.25 Å². The number of thiophene rings is 2. The van der Waals surface area contributed by atoms with Gasteiger partial charge in [-0.05, 0) is 0 Å². The first-order valence-electron chi connectivity index (χ1n) is 17.8. The maximum Gasteiger partial charge on any atom is -0.147 e. The SMILES string of the molecule is Cc1ccc(C2=Cc3c(cc(C)c(C)c3-c3ccccc3)[CH]2[Zr]([CH]2C(c3ccc(C)s3)=Cc3c2cc(C)c(C)c3-c2ccccc2)=[Si](C)C)s1.Cl.Cl. The summed E-state index contributed by atoms with van der Waals surface area (Å²) in [5.41, 5.74) is 19.9. The van der Waals surface area contributed by atoms with E-state index >= 15 is 0 Å². The molecule has 0 fully saturated rings. The molecule has 0 radical (unpaired) electrons. The summed E-state index contributed by atoms with van der Waals surface area (Å²) in [5.74, 6) is 0. The summed E-state index contributed by atoms with van der Waals surface area (Å²) in [6.07, 6.45) is 5.30. The molecule has 6 heteroatoms. The van der Waals surface area contributed by atoms with Gasteiger partial charge in [-0.1, -0.05) is 0 Å². The molecule has 0 saturated carbocycles. The molecular formula is C46H46Cl2S2SiZr. The number of hydrogen-bond donors (Lipinski definition) is 0. The zero-order valence-electron chi connectivity index (χ0n) is 31.2. The molecule has 0 bridgehead atoms. The normalized spacial score (nSPS) is 15.6. The average Bonchev–Trinajstić information content (AvgIpc) is 3.90. The molecule has 0 N–H and O–H groups in total. The van der Waals surface area contributed by atoms with Crippen LogP contribution >= 0.6 is 47.5 Å². The van der Waals surface area contributed by atoms with Gasteiger partial charge in [0.2, 0.25) is 0 Å². The van der Waals surface area contributed by atoms with E-state index in [4.69, 9.17) is 0 Å². The minimum Gasteiger partial charge on any atom is -0.147 e. The van der Waals surface area contributed by atoms with Gasteiger partial charge in [0.25, 0.3) is 0 Å². The van der Waals surface area contributed by atoms with Crippen molar-refractivity contribution in [1.82, 2.24) is 0 Å². The van der Waals surface area contributed by atoms with Crippen LogP contribution in [0.4, 0.5) is 0 Å². The van der Waals surface area contributed by atoms with E-state index in [1.807, 2.05) is 22.7 Å². The van der Waals surface area contributed by atoms with E-state index in [1.54, 1.807) is 22.3 Å². The Morgan fingerprint density at radius 3 is 1.23 bits per heavy atom. The summed E-state index contributed by atoms with van der Waals surface area (Å²) >= 11 is 1.47. The van der Waals surface area contributed by atoms with Crippen molar-refractivity contribution < 1.29 is 20.4 Å². The Kier molecular flexibility index (Phi) is 11.8. The molecule has 6 aromatic rings.